The Labute approximate surface area is 62.5 Å². The first-order valence-electron chi connectivity index (χ1n) is 2.66. The van der Waals surface area contributed by atoms with E-state index in [4.69, 9.17) is 0 Å². The van der Waals surface area contributed by atoms with E-state index >= 15 is 0 Å². The molecule has 0 saturated heterocycles. The Balaban J connectivity index is 3.17. The first-order valence-corrected chi connectivity index (χ1v) is 3.45. The second-order valence-electron chi connectivity index (χ2n) is 1.91. The second kappa shape index (κ2) is 2.43. The predicted octanol–water partition coefficient (Wildman–Crippen LogP) is 1.86. The molecule has 0 N–H and O–H groups in total. The Morgan fingerprint density at radius 1 is 1.44 bits per heavy atom. The summed E-state index contributed by atoms with van der Waals surface area (Å²) in [6.45, 7) is 3.95. The summed E-state index contributed by atoms with van der Waals surface area (Å²) in [5.41, 5.74) is 2.15. The lowest BCUT2D eigenvalue weighted by atomic mass is 10.3. The van der Waals surface area contributed by atoms with E-state index in [0.29, 0.717) is 4.73 Å². The average molecular weight is 187 g/mol. The van der Waals surface area contributed by atoms with Crippen LogP contribution >= 0.6 is 15.9 Å². The Bertz CT molecular complexity index is 222. The van der Waals surface area contributed by atoms with Crippen LogP contribution in [0, 0.1) is 13.8 Å². The van der Waals surface area contributed by atoms with Crippen LogP contribution in [-0.2, 0) is 0 Å². The number of halogens is 1. The van der Waals surface area contributed by atoms with E-state index in [1.807, 2.05) is 13.8 Å². The smallest absolute Gasteiger partial charge is 0.196 e. The second-order valence-corrected chi connectivity index (χ2v) is 2.62. The van der Waals surface area contributed by atoms with Crippen LogP contribution in [0.1, 0.15) is 11.3 Å². The molecule has 0 saturated carbocycles. The van der Waals surface area contributed by atoms with Crippen LogP contribution in [-0.4, -0.2) is 9.97 Å². The molecule has 0 atom stereocenters. The molecule has 1 heterocycles. The summed E-state index contributed by atoms with van der Waals surface area (Å²) in [4.78, 5) is 8.02. The van der Waals surface area contributed by atoms with E-state index in [1.165, 1.54) is 0 Å². The van der Waals surface area contributed by atoms with E-state index < -0.39 is 0 Å². The third kappa shape index (κ3) is 1.48. The SMILES string of the molecule is Cc1cnc(Br)nc1C. The van der Waals surface area contributed by atoms with Gasteiger partial charge in [0.25, 0.3) is 0 Å². The predicted molar refractivity (Wildman–Crippen MR) is 39.2 cm³/mol. The van der Waals surface area contributed by atoms with Gasteiger partial charge in [0, 0.05) is 11.9 Å². The molecule has 1 aromatic heterocycles. The summed E-state index contributed by atoms with van der Waals surface area (Å²) >= 11 is 3.17. The minimum absolute atomic E-state index is 0.658. The zero-order valence-electron chi connectivity index (χ0n) is 5.35. The standard InChI is InChI=1S/C6H7BrN2/c1-4-3-8-6(7)9-5(4)2/h3H,1-2H3. The Hall–Kier alpha value is -0.440. The maximum atomic E-state index is 4.08. The van der Waals surface area contributed by atoms with Gasteiger partial charge in [-0.2, -0.15) is 0 Å². The van der Waals surface area contributed by atoms with Gasteiger partial charge in [-0.15, -0.1) is 0 Å². The monoisotopic (exact) mass is 186 g/mol. The van der Waals surface area contributed by atoms with Crippen molar-refractivity contribution < 1.29 is 0 Å². The molecule has 9 heavy (non-hydrogen) atoms. The van der Waals surface area contributed by atoms with Crippen molar-refractivity contribution in [3.63, 3.8) is 0 Å². The molecular weight excluding hydrogens is 180 g/mol. The number of aryl methyl sites for hydroxylation is 2. The Morgan fingerprint density at radius 3 is 2.56 bits per heavy atom. The first kappa shape index (κ1) is 6.68. The molecule has 0 aliphatic heterocycles. The summed E-state index contributed by atoms with van der Waals surface area (Å²) in [7, 11) is 0. The molecule has 0 radical (unpaired) electrons. The van der Waals surface area contributed by atoms with Crippen LogP contribution in [0.15, 0.2) is 10.9 Å². The van der Waals surface area contributed by atoms with E-state index in [9.17, 15) is 0 Å². The van der Waals surface area contributed by atoms with Crippen LogP contribution in [0.2, 0.25) is 0 Å². The van der Waals surface area contributed by atoms with Gasteiger partial charge < -0.3 is 0 Å². The highest BCUT2D eigenvalue weighted by atomic mass is 79.9. The van der Waals surface area contributed by atoms with Gasteiger partial charge in [-0.05, 0) is 35.3 Å². The van der Waals surface area contributed by atoms with E-state index in [-0.39, 0.29) is 0 Å². The van der Waals surface area contributed by atoms with Gasteiger partial charge in [0.15, 0.2) is 4.73 Å². The summed E-state index contributed by atoms with van der Waals surface area (Å²) in [6, 6.07) is 0. The highest BCUT2D eigenvalue weighted by Gasteiger charge is 1.93. The van der Waals surface area contributed by atoms with Crippen LogP contribution in [0.4, 0.5) is 0 Å². The van der Waals surface area contributed by atoms with Crippen molar-refractivity contribution in [2.75, 3.05) is 0 Å². The number of hydrogen-bond donors (Lipinski definition) is 0. The fourth-order valence-corrected chi connectivity index (χ4v) is 0.867. The highest BCUT2D eigenvalue weighted by Crippen LogP contribution is 2.05. The van der Waals surface area contributed by atoms with Crippen LogP contribution < -0.4 is 0 Å². The molecule has 0 unspecified atom stereocenters. The van der Waals surface area contributed by atoms with E-state index in [2.05, 4.69) is 25.9 Å². The number of nitrogens with zero attached hydrogens (tertiary/aromatic N) is 2. The van der Waals surface area contributed by atoms with Gasteiger partial charge in [0.1, 0.15) is 0 Å². The van der Waals surface area contributed by atoms with Crippen molar-refractivity contribution in [1.82, 2.24) is 9.97 Å². The highest BCUT2D eigenvalue weighted by molar-refractivity contribution is 9.10. The molecule has 0 aliphatic carbocycles. The number of hydrogen-bond acceptors (Lipinski definition) is 2. The minimum atomic E-state index is 0.658. The van der Waals surface area contributed by atoms with Crippen LogP contribution in [0.3, 0.4) is 0 Å². The zero-order chi connectivity index (χ0) is 6.85. The van der Waals surface area contributed by atoms with Crippen molar-refractivity contribution in [3.05, 3.63) is 22.2 Å². The lowest BCUT2D eigenvalue weighted by Crippen LogP contribution is -1.89. The third-order valence-corrected chi connectivity index (χ3v) is 1.58. The van der Waals surface area contributed by atoms with Crippen molar-refractivity contribution >= 4 is 15.9 Å². The fraction of sp³-hybridized carbons (Fsp3) is 0.333. The fourth-order valence-electron chi connectivity index (χ4n) is 0.499. The lowest BCUT2D eigenvalue weighted by Gasteiger charge is -1.95. The maximum absolute atomic E-state index is 4.08. The molecular formula is C6H7BrN2. The zero-order valence-corrected chi connectivity index (χ0v) is 6.94. The normalized spacial score (nSPS) is 9.67. The molecule has 0 amide bonds. The van der Waals surface area contributed by atoms with E-state index in [0.717, 1.165) is 11.3 Å². The quantitative estimate of drug-likeness (QED) is 0.579. The number of aromatic nitrogens is 2. The Kier molecular flexibility index (Phi) is 1.81. The molecule has 0 fully saturated rings. The molecule has 0 bridgehead atoms. The van der Waals surface area contributed by atoms with Crippen molar-refractivity contribution in [2.45, 2.75) is 13.8 Å². The number of rotatable bonds is 0. The van der Waals surface area contributed by atoms with Gasteiger partial charge in [0.2, 0.25) is 0 Å². The molecule has 2 nitrogen and oxygen atoms in total. The molecule has 0 spiro atoms. The Morgan fingerprint density at radius 2 is 2.11 bits per heavy atom. The summed E-state index contributed by atoms with van der Waals surface area (Å²) in [5, 5.41) is 0. The topological polar surface area (TPSA) is 25.8 Å². The van der Waals surface area contributed by atoms with Gasteiger partial charge in [-0.3, -0.25) is 0 Å². The molecule has 0 aliphatic rings. The molecule has 1 rings (SSSR count). The molecule has 0 aromatic carbocycles. The lowest BCUT2D eigenvalue weighted by molar-refractivity contribution is 1.02. The van der Waals surface area contributed by atoms with Crippen molar-refractivity contribution in [2.24, 2.45) is 0 Å². The largest absolute Gasteiger partial charge is 0.230 e. The van der Waals surface area contributed by atoms with Crippen LogP contribution in [0.5, 0.6) is 0 Å². The van der Waals surface area contributed by atoms with Gasteiger partial charge >= 0.3 is 0 Å². The minimum Gasteiger partial charge on any atom is -0.230 e. The summed E-state index contributed by atoms with van der Waals surface area (Å²) < 4.78 is 0.658. The van der Waals surface area contributed by atoms with E-state index in [1.54, 1.807) is 6.20 Å². The summed E-state index contributed by atoms with van der Waals surface area (Å²) in [6.07, 6.45) is 1.80. The van der Waals surface area contributed by atoms with Gasteiger partial charge in [-0.25, -0.2) is 9.97 Å². The van der Waals surface area contributed by atoms with Gasteiger partial charge in [-0.1, -0.05) is 0 Å². The van der Waals surface area contributed by atoms with Crippen molar-refractivity contribution in [1.29, 1.82) is 0 Å². The van der Waals surface area contributed by atoms with Crippen molar-refractivity contribution in [3.8, 4) is 0 Å². The van der Waals surface area contributed by atoms with Gasteiger partial charge in [0.05, 0.1) is 0 Å². The first-order chi connectivity index (χ1) is 4.20. The van der Waals surface area contributed by atoms with Crippen LogP contribution in [0.25, 0.3) is 0 Å². The molecule has 3 heteroatoms. The summed E-state index contributed by atoms with van der Waals surface area (Å²) in [5.74, 6) is 0. The maximum Gasteiger partial charge on any atom is 0.196 e. The molecule has 48 valence electrons. The molecule has 1 aromatic rings. The third-order valence-electron chi connectivity index (χ3n) is 1.20. The average Bonchev–Trinajstić information content (AvgIpc) is 1.80.